The number of carbonyl (C=O) groups is 1. The minimum atomic E-state index is 0.0284. The number of nitrogens with two attached hydrogens (primary N) is 1. The SMILES string of the molecule is Cc1ccccc1OCCNC(=O)CCC(C)N. The summed E-state index contributed by atoms with van der Waals surface area (Å²) in [5, 5.41) is 2.81. The molecule has 0 fully saturated rings. The first-order valence-corrected chi connectivity index (χ1v) is 6.30. The average molecular weight is 250 g/mol. The largest absolute Gasteiger partial charge is 0.491 e. The number of amides is 1. The lowest BCUT2D eigenvalue weighted by Crippen LogP contribution is -2.29. The molecule has 18 heavy (non-hydrogen) atoms. The molecule has 0 aliphatic carbocycles. The first-order chi connectivity index (χ1) is 8.59. The van der Waals surface area contributed by atoms with Gasteiger partial charge in [0.25, 0.3) is 0 Å². The Balaban J connectivity index is 2.15. The van der Waals surface area contributed by atoms with Crippen LogP contribution < -0.4 is 15.8 Å². The van der Waals surface area contributed by atoms with Crippen molar-refractivity contribution < 1.29 is 9.53 Å². The van der Waals surface area contributed by atoms with E-state index in [1.807, 2.05) is 38.1 Å². The number of para-hydroxylation sites is 1. The van der Waals surface area contributed by atoms with Crippen LogP contribution in [0.1, 0.15) is 25.3 Å². The van der Waals surface area contributed by atoms with E-state index in [0.717, 1.165) is 11.3 Å². The highest BCUT2D eigenvalue weighted by atomic mass is 16.5. The summed E-state index contributed by atoms with van der Waals surface area (Å²) < 4.78 is 5.57. The van der Waals surface area contributed by atoms with Crippen LogP contribution in [0.2, 0.25) is 0 Å². The molecular formula is C14H22N2O2. The maximum absolute atomic E-state index is 11.4. The molecule has 4 heteroatoms. The van der Waals surface area contributed by atoms with Crippen molar-refractivity contribution in [2.75, 3.05) is 13.2 Å². The lowest BCUT2D eigenvalue weighted by molar-refractivity contribution is -0.121. The van der Waals surface area contributed by atoms with Crippen LogP contribution in [0.15, 0.2) is 24.3 Å². The van der Waals surface area contributed by atoms with E-state index in [1.165, 1.54) is 0 Å². The van der Waals surface area contributed by atoms with Gasteiger partial charge in [0, 0.05) is 12.5 Å². The van der Waals surface area contributed by atoms with Gasteiger partial charge < -0.3 is 15.8 Å². The smallest absolute Gasteiger partial charge is 0.220 e. The van der Waals surface area contributed by atoms with Crippen LogP contribution in [0.25, 0.3) is 0 Å². The van der Waals surface area contributed by atoms with Crippen LogP contribution >= 0.6 is 0 Å². The van der Waals surface area contributed by atoms with Crippen LogP contribution in [-0.2, 0) is 4.79 Å². The first kappa shape index (κ1) is 14.5. The van der Waals surface area contributed by atoms with Gasteiger partial charge in [0.2, 0.25) is 5.91 Å². The van der Waals surface area contributed by atoms with E-state index in [4.69, 9.17) is 10.5 Å². The quantitative estimate of drug-likeness (QED) is 0.723. The van der Waals surface area contributed by atoms with Crippen molar-refractivity contribution in [3.63, 3.8) is 0 Å². The van der Waals surface area contributed by atoms with E-state index >= 15 is 0 Å². The van der Waals surface area contributed by atoms with Gasteiger partial charge in [-0.05, 0) is 31.9 Å². The van der Waals surface area contributed by atoms with Crippen molar-refractivity contribution >= 4 is 5.91 Å². The molecule has 1 rings (SSSR count). The fourth-order valence-corrected chi connectivity index (χ4v) is 1.52. The van der Waals surface area contributed by atoms with Crippen LogP contribution in [0.3, 0.4) is 0 Å². The van der Waals surface area contributed by atoms with E-state index in [0.29, 0.717) is 26.0 Å². The molecule has 4 nitrogen and oxygen atoms in total. The summed E-state index contributed by atoms with van der Waals surface area (Å²) in [7, 11) is 0. The Labute approximate surface area is 109 Å². The molecule has 0 saturated heterocycles. The van der Waals surface area contributed by atoms with Crippen molar-refractivity contribution in [3.05, 3.63) is 29.8 Å². The number of aryl methyl sites for hydroxylation is 1. The summed E-state index contributed by atoms with van der Waals surface area (Å²) in [5.41, 5.74) is 6.68. The Morgan fingerprint density at radius 2 is 2.17 bits per heavy atom. The topological polar surface area (TPSA) is 64.3 Å². The summed E-state index contributed by atoms with van der Waals surface area (Å²) in [6.07, 6.45) is 1.19. The van der Waals surface area contributed by atoms with E-state index in [-0.39, 0.29) is 11.9 Å². The zero-order valence-corrected chi connectivity index (χ0v) is 11.1. The molecule has 0 aliphatic rings. The maximum atomic E-state index is 11.4. The van der Waals surface area contributed by atoms with Gasteiger partial charge in [-0.25, -0.2) is 0 Å². The van der Waals surface area contributed by atoms with Crippen LogP contribution in [0.5, 0.6) is 5.75 Å². The molecule has 0 saturated carbocycles. The third kappa shape index (κ3) is 5.68. The third-order valence-corrected chi connectivity index (χ3v) is 2.60. The molecule has 1 aromatic rings. The van der Waals surface area contributed by atoms with Crippen molar-refractivity contribution in [1.82, 2.24) is 5.32 Å². The molecule has 0 aliphatic heterocycles. The molecule has 100 valence electrons. The van der Waals surface area contributed by atoms with Crippen molar-refractivity contribution in [2.24, 2.45) is 5.73 Å². The number of rotatable bonds is 7. The normalized spacial score (nSPS) is 11.9. The van der Waals surface area contributed by atoms with Gasteiger partial charge in [0.15, 0.2) is 0 Å². The van der Waals surface area contributed by atoms with Crippen molar-refractivity contribution in [2.45, 2.75) is 32.7 Å². The number of ether oxygens (including phenoxy) is 1. The lowest BCUT2D eigenvalue weighted by atomic mass is 10.2. The number of hydrogen-bond acceptors (Lipinski definition) is 3. The molecule has 1 aromatic carbocycles. The molecule has 0 heterocycles. The Morgan fingerprint density at radius 3 is 2.83 bits per heavy atom. The Kier molecular flexibility index (Phi) is 6.22. The molecule has 0 bridgehead atoms. The van der Waals surface area contributed by atoms with E-state index in [1.54, 1.807) is 0 Å². The van der Waals surface area contributed by atoms with Crippen LogP contribution in [-0.4, -0.2) is 25.1 Å². The molecule has 1 unspecified atom stereocenters. The number of nitrogens with one attached hydrogen (secondary N) is 1. The van der Waals surface area contributed by atoms with Gasteiger partial charge in [0.05, 0.1) is 6.54 Å². The summed E-state index contributed by atoms with van der Waals surface area (Å²) in [4.78, 5) is 11.4. The second-order valence-electron chi connectivity index (χ2n) is 4.48. The minimum Gasteiger partial charge on any atom is -0.491 e. The molecule has 1 atom stereocenters. The maximum Gasteiger partial charge on any atom is 0.220 e. The lowest BCUT2D eigenvalue weighted by Gasteiger charge is -2.10. The summed E-state index contributed by atoms with van der Waals surface area (Å²) in [6.45, 7) is 4.89. The highest BCUT2D eigenvalue weighted by Crippen LogP contribution is 2.15. The fraction of sp³-hybridized carbons (Fsp3) is 0.500. The van der Waals surface area contributed by atoms with Gasteiger partial charge in [-0.15, -0.1) is 0 Å². The Bertz CT molecular complexity index is 378. The van der Waals surface area contributed by atoms with E-state index < -0.39 is 0 Å². The van der Waals surface area contributed by atoms with E-state index in [2.05, 4.69) is 5.32 Å². The monoisotopic (exact) mass is 250 g/mol. The van der Waals surface area contributed by atoms with Gasteiger partial charge >= 0.3 is 0 Å². The second kappa shape index (κ2) is 7.71. The third-order valence-electron chi connectivity index (χ3n) is 2.60. The number of benzene rings is 1. The molecule has 0 spiro atoms. The van der Waals surface area contributed by atoms with Crippen molar-refractivity contribution in [3.8, 4) is 5.75 Å². The zero-order chi connectivity index (χ0) is 13.4. The predicted octanol–water partition coefficient (Wildman–Crippen LogP) is 1.62. The average Bonchev–Trinajstić information content (AvgIpc) is 2.34. The molecule has 0 radical (unpaired) electrons. The Hall–Kier alpha value is -1.55. The second-order valence-corrected chi connectivity index (χ2v) is 4.48. The number of hydrogen-bond donors (Lipinski definition) is 2. The zero-order valence-electron chi connectivity index (χ0n) is 11.1. The van der Waals surface area contributed by atoms with Gasteiger partial charge in [-0.2, -0.15) is 0 Å². The molecule has 0 aromatic heterocycles. The molecule has 1 amide bonds. The van der Waals surface area contributed by atoms with Gasteiger partial charge in [-0.1, -0.05) is 18.2 Å². The number of carbonyl (C=O) groups excluding carboxylic acids is 1. The van der Waals surface area contributed by atoms with Crippen LogP contribution in [0.4, 0.5) is 0 Å². The highest BCUT2D eigenvalue weighted by molar-refractivity contribution is 5.75. The molecule has 3 N–H and O–H groups in total. The minimum absolute atomic E-state index is 0.0284. The molecular weight excluding hydrogens is 228 g/mol. The van der Waals surface area contributed by atoms with E-state index in [9.17, 15) is 4.79 Å². The summed E-state index contributed by atoms with van der Waals surface area (Å²) in [5.74, 6) is 0.892. The highest BCUT2D eigenvalue weighted by Gasteiger charge is 2.03. The van der Waals surface area contributed by atoms with Gasteiger partial charge in [-0.3, -0.25) is 4.79 Å². The first-order valence-electron chi connectivity index (χ1n) is 6.30. The summed E-state index contributed by atoms with van der Waals surface area (Å²) >= 11 is 0. The van der Waals surface area contributed by atoms with Crippen LogP contribution in [0, 0.1) is 6.92 Å². The van der Waals surface area contributed by atoms with Crippen molar-refractivity contribution in [1.29, 1.82) is 0 Å². The predicted molar refractivity (Wildman–Crippen MR) is 72.6 cm³/mol. The summed E-state index contributed by atoms with van der Waals surface area (Å²) in [6, 6.07) is 7.89. The fourth-order valence-electron chi connectivity index (χ4n) is 1.52. The Morgan fingerprint density at radius 1 is 1.44 bits per heavy atom. The van der Waals surface area contributed by atoms with Gasteiger partial charge in [0.1, 0.15) is 12.4 Å². The standard InChI is InChI=1S/C14H22N2O2/c1-11-5-3-4-6-13(11)18-10-9-16-14(17)8-7-12(2)15/h3-6,12H,7-10,15H2,1-2H3,(H,16,17).